The van der Waals surface area contributed by atoms with E-state index < -0.39 is 0 Å². The van der Waals surface area contributed by atoms with Crippen molar-refractivity contribution in [3.05, 3.63) is 46.6 Å². The van der Waals surface area contributed by atoms with Crippen molar-refractivity contribution in [2.24, 2.45) is 5.10 Å². The number of phenols is 1. The third-order valence-corrected chi connectivity index (χ3v) is 4.70. The van der Waals surface area contributed by atoms with E-state index in [2.05, 4.69) is 34.3 Å². The minimum atomic E-state index is 0.209. The fourth-order valence-electron chi connectivity index (χ4n) is 2.24. The maximum Gasteiger partial charge on any atom is 0.158 e. The lowest BCUT2D eigenvalue weighted by Gasteiger charge is -2.06. The van der Waals surface area contributed by atoms with Gasteiger partial charge in [0.25, 0.3) is 0 Å². The van der Waals surface area contributed by atoms with Gasteiger partial charge < -0.3 is 5.11 Å². The third kappa shape index (κ3) is 2.53. The number of hydrazone groups is 1. The normalized spacial score (nSPS) is 11.9. The van der Waals surface area contributed by atoms with Crippen LogP contribution in [0, 0.1) is 13.8 Å². The number of fused-ring (bicyclic) bond motifs is 1. The number of aromatic hydroxyl groups is 1. The zero-order valence-corrected chi connectivity index (χ0v) is 13.4. The highest BCUT2D eigenvalue weighted by molar-refractivity contribution is 7.18. The molecule has 0 saturated carbocycles. The number of hydrogen-bond donors (Lipinski definition) is 2. The molecule has 0 amide bonds. The standard InChI is InChI=1S/C16H16N4OS/c1-9-11(3)22-16-14(9)15(17-8-18-16)20-19-10(2)12-6-4-5-7-13(12)21/h4-8,21H,1-3H3,(H,17,18,20)/b19-10+. The smallest absolute Gasteiger partial charge is 0.158 e. The van der Waals surface area contributed by atoms with Crippen molar-refractivity contribution in [3.8, 4) is 5.75 Å². The molecule has 0 fully saturated rings. The van der Waals surface area contributed by atoms with E-state index in [1.165, 1.54) is 16.8 Å². The maximum atomic E-state index is 9.86. The topological polar surface area (TPSA) is 70.4 Å². The van der Waals surface area contributed by atoms with Gasteiger partial charge in [-0.05, 0) is 38.5 Å². The molecule has 2 aromatic heterocycles. The molecule has 5 nitrogen and oxygen atoms in total. The molecule has 3 rings (SSSR count). The van der Waals surface area contributed by atoms with Crippen LogP contribution in [0.4, 0.5) is 5.82 Å². The van der Waals surface area contributed by atoms with E-state index in [0.29, 0.717) is 17.1 Å². The fourth-order valence-corrected chi connectivity index (χ4v) is 3.24. The molecule has 2 N–H and O–H groups in total. The quantitative estimate of drug-likeness (QED) is 0.569. The highest BCUT2D eigenvalue weighted by Crippen LogP contribution is 2.32. The lowest BCUT2D eigenvalue weighted by atomic mass is 10.1. The predicted octanol–water partition coefficient (Wildman–Crippen LogP) is 3.85. The second kappa shape index (κ2) is 5.73. The molecule has 3 aromatic rings. The van der Waals surface area contributed by atoms with E-state index in [1.807, 2.05) is 19.1 Å². The monoisotopic (exact) mass is 312 g/mol. The molecule has 0 radical (unpaired) electrons. The first-order valence-electron chi connectivity index (χ1n) is 6.87. The lowest BCUT2D eigenvalue weighted by molar-refractivity contribution is 0.474. The van der Waals surface area contributed by atoms with E-state index in [0.717, 1.165) is 10.2 Å². The first kappa shape index (κ1) is 14.5. The number of rotatable bonds is 3. The largest absolute Gasteiger partial charge is 0.507 e. The number of thiophene rings is 1. The van der Waals surface area contributed by atoms with Crippen LogP contribution in [-0.2, 0) is 0 Å². The molecule has 112 valence electrons. The summed E-state index contributed by atoms with van der Waals surface area (Å²) in [6.07, 6.45) is 1.53. The SMILES string of the molecule is C/C(=N\Nc1ncnc2sc(C)c(C)c12)c1ccccc1O. The fraction of sp³-hybridized carbons (Fsp3) is 0.188. The van der Waals surface area contributed by atoms with Crippen LogP contribution >= 0.6 is 11.3 Å². The molecule has 0 bridgehead atoms. The van der Waals surface area contributed by atoms with E-state index in [-0.39, 0.29) is 5.75 Å². The Balaban J connectivity index is 1.97. The highest BCUT2D eigenvalue weighted by Gasteiger charge is 2.11. The Hall–Kier alpha value is -2.47. The van der Waals surface area contributed by atoms with Crippen LogP contribution < -0.4 is 5.43 Å². The first-order valence-corrected chi connectivity index (χ1v) is 7.69. The van der Waals surface area contributed by atoms with Gasteiger partial charge in [0.2, 0.25) is 0 Å². The molecule has 0 saturated heterocycles. The summed E-state index contributed by atoms with van der Waals surface area (Å²) in [7, 11) is 0. The summed E-state index contributed by atoms with van der Waals surface area (Å²) in [5.41, 5.74) is 5.55. The van der Waals surface area contributed by atoms with Gasteiger partial charge in [-0.3, -0.25) is 5.43 Å². The van der Waals surface area contributed by atoms with Crippen LogP contribution in [0.15, 0.2) is 35.7 Å². The van der Waals surface area contributed by atoms with E-state index in [1.54, 1.807) is 23.5 Å². The van der Waals surface area contributed by atoms with Gasteiger partial charge in [-0.2, -0.15) is 5.10 Å². The van der Waals surface area contributed by atoms with Gasteiger partial charge in [0.1, 0.15) is 16.9 Å². The van der Waals surface area contributed by atoms with E-state index in [9.17, 15) is 5.11 Å². The summed E-state index contributed by atoms with van der Waals surface area (Å²) < 4.78 is 0. The molecule has 2 heterocycles. The Morgan fingerprint density at radius 2 is 2.00 bits per heavy atom. The summed E-state index contributed by atoms with van der Waals surface area (Å²) in [6, 6.07) is 7.11. The summed E-state index contributed by atoms with van der Waals surface area (Å²) in [5, 5.41) is 15.2. The van der Waals surface area contributed by atoms with Crippen molar-refractivity contribution < 1.29 is 5.11 Å². The number of aromatic nitrogens is 2. The molecule has 0 unspecified atom stereocenters. The first-order chi connectivity index (χ1) is 10.6. The Kier molecular flexibility index (Phi) is 3.77. The molecule has 0 aliphatic heterocycles. The molecule has 1 aromatic carbocycles. The van der Waals surface area contributed by atoms with Gasteiger partial charge in [0.05, 0.1) is 11.1 Å². The van der Waals surface area contributed by atoms with Crippen LogP contribution in [0.5, 0.6) is 5.75 Å². The third-order valence-electron chi connectivity index (χ3n) is 3.59. The maximum absolute atomic E-state index is 9.86. The number of nitrogens with zero attached hydrogens (tertiary/aromatic N) is 3. The van der Waals surface area contributed by atoms with Crippen LogP contribution in [-0.4, -0.2) is 20.8 Å². The number of aryl methyl sites for hydroxylation is 2. The average Bonchev–Trinajstić information content (AvgIpc) is 2.81. The van der Waals surface area contributed by atoms with Crippen molar-refractivity contribution in [2.75, 3.05) is 5.43 Å². The minimum Gasteiger partial charge on any atom is -0.507 e. The van der Waals surface area contributed by atoms with Crippen molar-refractivity contribution in [2.45, 2.75) is 20.8 Å². The van der Waals surface area contributed by atoms with Gasteiger partial charge in [0.15, 0.2) is 5.82 Å². The Morgan fingerprint density at radius 1 is 1.23 bits per heavy atom. The van der Waals surface area contributed by atoms with Crippen molar-refractivity contribution in [1.82, 2.24) is 9.97 Å². The lowest BCUT2D eigenvalue weighted by Crippen LogP contribution is -2.01. The second-order valence-corrected chi connectivity index (χ2v) is 6.22. The number of anilines is 1. The van der Waals surface area contributed by atoms with Gasteiger partial charge in [-0.1, -0.05) is 12.1 Å². The van der Waals surface area contributed by atoms with E-state index >= 15 is 0 Å². The van der Waals surface area contributed by atoms with Gasteiger partial charge in [-0.25, -0.2) is 9.97 Å². The molecule has 22 heavy (non-hydrogen) atoms. The summed E-state index contributed by atoms with van der Waals surface area (Å²) in [4.78, 5) is 10.8. The molecular weight excluding hydrogens is 296 g/mol. The second-order valence-electron chi connectivity index (χ2n) is 5.01. The van der Waals surface area contributed by atoms with Crippen LogP contribution in [0.2, 0.25) is 0 Å². The van der Waals surface area contributed by atoms with Crippen LogP contribution in [0.1, 0.15) is 22.9 Å². The van der Waals surface area contributed by atoms with Gasteiger partial charge in [-0.15, -0.1) is 11.3 Å². The number of benzene rings is 1. The van der Waals surface area contributed by atoms with Crippen molar-refractivity contribution in [3.63, 3.8) is 0 Å². The van der Waals surface area contributed by atoms with Crippen LogP contribution in [0.3, 0.4) is 0 Å². The van der Waals surface area contributed by atoms with Crippen molar-refractivity contribution in [1.29, 1.82) is 0 Å². The zero-order valence-electron chi connectivity index (χ0n) is 12.6. The Bertz CT molecular complexity index is 870. The van der Waals surface area contributed by atoms with Crippen molar-refractivity contribution >= 4 is 33.1 Å². The van der Waals surface area contributed by atoms with Gasteiger partial charge in [0, 0.05) is 10.4 Å². The number of phenolic OH excluding ortho intramolecular Hbond substituents is 1. The number of nitrogens with one attached hydrogen (secondary N) is 1. The minimum absolute atomic E-state index is 0.209. The average molecular weight is 312 g/mol. The summed E-state index contributed by atoms with van der Waals surface area (Å²) >= 11 is 1.65. The molecular formula is C16H16N4OS. The molecule has 0 atom stereocenters. The molecule has 0 aliphatic carbocycles. The molecule has 6 heteroatoms. The Morgan fingerprint density at radius 3 is 2.77 bits per heavy atom. The zero-order chi connectivity index (χ0) is 15.7. The molecule has 0 aliphatic rings. The van der Waals surface area contributed by atoms with E-state index in [4.69, 9.17) is 0 Å². The van der Waals surface area contributed by atoms with Crippen LogP contribution in [0.25, 0.3) is 10.2 Å². The summed E-state index contributed by atoms with van der Waals surface area (Å²) in [6.45, 7) is 5.97. The summed E-state index contributed by atoms with van der Waals surface area (Å²) in [5.74, 6) is 0.891. The number of hydrogen-bond acceptors (Lipinski definition) is 6. The Labute approximate surface area is 132 Å². The molecule has 0 spiro atoms. The number of para-hydroxylation sites is 1. The predicted molar refractivity (Wildman–Crippen MR) is 90.8 cm³/mol. The van der Waals surface area contributed by atoms with Gasteiger partial charge >= 0.3 is 0 Å². The highest BCUT2D eigenvalue weighted by atomic mass is 32.1.